The fourth-order valence-electron chi connectivity index (χ4n) is 3.04. The van der Waals surface area contributed by atoms with Crippen molar-refractivity contribution in [3.63, 3.8) is 0 Å². The molecule has 4 heteroatoms. The van der Waals surface area contributed by atoms with Crippen LogP contribution in [-0.2, 0) is 6.42 Å². The van der Waals surface area contributed by atoms with Crippen LogP contribution < -0.4 is 18.9 Å². The Hall–Kier alpha value is -2.36. The predicted molar refractivity (Wildman–Crippen MR) is 88.8 cm³/mol. The summed E-state index contributed by atoms with van der Waals surface area (Å²) in [6.07, 6.45) is 3.05. The Balaban J connectivity index is 1.98. The lowest BCUT2D eigenvalue weighted by molar-refractivity contribution is 0.198. The number of benzene rings is 2. The normalized spacial score (nSPS) is 16.7. The summed E-state index contributed by atoms with van der Waals surface area (Å²) < 4.78 is 22.6. The van der Waals surface area contributed by atoms with E-state index < -0.39 is 0 Å². The van der Waals surface area contributed by atoms with Gasteiger partial charge in [-0.25, -0.2) is 0 Å². The topological polar surface area (TPSA) is 36.9 Å². The van der Waals surface area contributed by atoms with Gasteiger partial charge >= 0.3 is 0 Å². The SMILES string of the molecule is COc1cc(C2CCCc3ccccc3O2)cc(OC)c1OC. The highest BCUT2D eigenvalue weighted by molar-refractivity contribution is 5.54. The number of ether oxygens (including phenoxy) is 4. The van der Waals surface area contributed by atoms with Gasteiger partial charge in [-0.2, -0.15) is 0 Å². The summed E-state index contributed by atoms with van der Waals surface area (Å²) in [6.45, 7) is 0. The van der Waals surface area contributed by atoms with Gasteiger partial charge in [-0.3, -0.25) is 0 Å². The summed E-state index contributed by atoms with van der Waals surface area (Å²) in [5.74, 6) is 2.88. The number of fused-ring (bicyclic) bond motifs is 1. The predicted octanol–water partition coefficient (Wildman–Crippen LogP) is 4.17. The maximum atomic E-state index is 6.26. The van der Waals surface area contributed by atoms with Gasteiger partial charge < -0.3 is 18.9 Å². The third-order valence-corrected chi connectivity index (χ3v) is 4.21. The highest BCUT2D eigenvalue weighted by atomic mass is 16.5. The van der Waals surface area contributed by atoms with Gasteiger partial charge in [0.25, 0.3) is 0 Å². The Morgan fingerprint density at radius 1 is 0.957 bits per heavy atom. The van der Waals surface area contributed by atoms with E-state index in [1.54, 1.807) is 21.3 Å². The van der Waals surface area contributed by atoms with Gasteiger partial charge in [0.1, 0.15) is 11.9 Å². The second-order valence-corrected chi connectivity index (χ2v) is 5.57. The first-order chi connectivity index (χ1) is 11.3. The minimum Gasteiger partial charge on any atom is -0.493 e. The zero-order valence-electron chi connectivity index (χ0n) is 13.8. The van der Waals surface area contributed by atoms with Crippen molar-refractivity contribution in [2.24, 2.45) is 0 Å². The molecule has 3 rings (SSSR count). The number of hydrogen-bond donors (Lipinski definition) is 0. The molecule has 0 aliphatic carbocycles. The van der Waals surface area contributed by atoms with E-state index in [0.717, 1.165) is 30.6 Å². The molecule has 2 aromatic rings. The molecule has 1 unspecified atom stereocenters. The lowest BCUT2D eigenvalue weighted by Gasteiger charge is -2.21. The monoisotopic (exact) mass is 314 g/mol. The van der Waals surface area contributed by atoms with Gasteiger partial charge in [0.15, 0.2) is 11.5 Å². The highest BCUT2D eigenvalue weighted by Crippen LogP contribution is 2.42. The number of methoxy groups -OCH3 is 3. The second kappa shape index (κ2) is 6.82. The molecule has 0 fully saturated rings. The van der Waals surface area contributed by atoms with Crippen molar-refractivity contribution in [3.8, 4) is 23.0 Å². The molecular weight excluding hydrogens is 292 g/mol. The van der Waals surface area contributed by atoms with Gasteiger partial charge in [-0.1, -0.05) is 18.2 Å². The van der Waals surface area contributed by atoms with E-state index in [4.69, 9.17) is 18.9 Å². The van der Waals surface area contributed by atoms with Crippen LogP contribution in [0.4, 0.5) is 0 Å². The molecular formula is C19H22O4. The van der Waals surface area contributed by atoms with E-state index in [-0.39, 0.29) is 6.10 Å². The summed E-state index contributed by atoms with van der Waals surface area (Å²) in [5, 5.41) is 0. The standard InChI is InChI=1S/C19H22O4/c1-20-17-11-14(12-18(21-2)19(17)22-3)16-10-6-8-13-7-4-5-9-15(13)23-16/h4-5,7,9,11-12,16H,6,8,10H2,1-3H3. The molecule has 1 aliphatic heterocycles. The van der Waals surface area contributed by atoms with Gasteiger partial charge in [0.05, 0.1) is 21.3 Å². The van der Waals surface area contributed by atoms with Crippen molar-refractivity contribution >= 4 is 0 Å². The first-order valence-electron chi connectivity index (χ1n) is 7.81. The second-order valence-electron chi connectivity index (χ2n) is 5.57. The lowest BCUT2D eigenvalue weighted by atomic mass is 10.0. The van der Waals surface area contributed by atoms with Crippen LogP contribution in [0, 0.1) is 0 Å². The van der Waals surface area contributed by atoms with Gasteiger partial charge in [0, 0.05) is 0 Å². The fraction of sp³-hybridized carbons (Fsp3) is 0.368. The average molecular weight is 314 g/mol. The number of rotatable bonds is 4. The van der Waals surface area contributed by atoms with Crippen LogP contribution in [0.1, 0.15) is 30.1 Å². The maximum absolute atomic E-state index is 6.26. The third kappa shape index (κ3) is 3.07. The smallest absolute Gasteiger partial charge is 0.203 e. The van der Waals surface area contributed by atoms with Crippen molar-refractivity contribution in [2.75, 3.05) is 21.3 Å². The maximum Gasteiger partial charge on any atom is 0.203 e. The fourth-order valence-corrected chi connectivity index (χ4v) is 3.04. The molecule has 1 heterocycles. The summed E-state index contributed by atoms with van der Waals surface area (Å²) in [5.41, 5.74) is 2.30. The minimum atomic E-state index is -0.0210. The Kier molecular flexibility index (Phi) is 4.60. The van der Waals surface area contributed by atoms with Crippen LogP contribution in [0.3, 0.4) is 0 Å². The van der Waals surface area contributed by atoms with E-state index in [9.17, 15) is 0 Å². The number of para-hydroxylation sites is 1. The van der Waals surface area contributed by atoms with E-state index in [0.29, 0.717) is 17.2 Å². The Labute approximate surface area is 136 Å². The minimum absolute atomic E-state index is 0.0210. The average Bonchev–Trinajstić information content (AvgIpc) is 2.82. The molecule has 0 radical (unpaired) electrons. The van der Waals surface area contributed by atoms with Crippen molar-refractivity contribution in [3.05, 3.63) is 47.5 Å². The molecule has 0 aromatic heterocycles. The van der Waals surface area contributed by atoms with Crippen LogP contribution in [0.5, 0.6) is 23.0 Å². The van der Waals surface area contributed by atoms with E-state index in [1.165, 1.54) is 5.56 Å². The van der Waals surface area contributed by atoms with Gasteiger partial charge in [-0.15, -0.1) is 0 Å². The first-order valence-corrected chi connectivity index (χ1v) is 7.81. The first kappa shape index (κ1) is 15.5. The Morgan fingerprint density at radius 3 is 2.30 bits per heavy atom. The molecule has 0 N–H and O–H groups in total. The van der Waals surface area contributed by atoms with Crippen molar-refractivity contribution < 1.29 is 18.9 Å². The van der Waals surface area contributed by atoms with Crippen molar-refractivity contribution in [1.29, 1.82) is 0 Å². The van der Waals surface area contributed by atoms with Crippen molar-refractivity contribution in [2.45, 2.75) is 25.4 Å². The molecule has 4 nitrogen and oxygen atoms in total. The Morgan fingerprint density at radius 2 is 1.65 bits per heavy atom. The van der Waals surface area contributed by atoms with Gasteiger partial charge in [-0.05, 0) is 48.6 Å². The van der Waals surface area contributed by atoms with Gasteiger partial charge in [0.2, 0.25) is 5.75 Å². The molecule has 0 bridgehead atoms. The van der Waals surface area contributed by atoms with E-state index in [1.807, 2.05) is 24.3 Å². The van der Waals surface area contributed by atoms with Crippen LogP contribution in [0.2, 0.25) is 0 Å². The lowest BCUT2D eigenvalue weighted by Crippen LogP contribution is -2.08. The van der Waals surface area contributed by atoms with Crippen LogP contribution in [0.15, 0.2) is 36.4 Å². The zero-order valence-corrected chi connectivity index (χ0v) is 13.8. The summed E-state index contributed by atoms with van der Waals surface area (Å²) in [4.78, 5) is 0. The van der Waals surface area contributed by atoms with Crippen LogP contribution in [-0.4, -0.2) is 21.3 Å². The number of hydrogen-bond acceptors (Lipinski definition) is 4. The quantitative estimate of drug-likeness (QED) is 0.849. The third-order valence-electron chi connectivity index (χ3n) is 4.21. The molecule has 2 aromatic carbocycles. The summed E-state index contributed by atoms with van der Waals surface area (Å²) in [7, 11) is 4.87. The molecule has 23 heavy (non-hydrogen) atoms. The Bertz CT molecular complexity index is 656. The number of aryl methyl sites for hydroxylation is 1. The summed E-state index contributed by atoms with van der Waals surface area (Å²) >= 11 is 0. The molecule has 0 spiro atoms. The molecule has 1 atom stereocenters. The van der Waals surface area contributed by atoms with Crippen molar-refractivity contribution in [1.82, 2.24) is 0 Å². The van der Waals surface area contributed by atoms with Crippen LogP contribution >= 0.6 is 0 Å². The highest BCUT2D eigenvalue weighted by Gasteiger charge is 2.23. The van der Waals surface area contributed by atoms with E-state index >= 15 is 0 Å². The molecule has 0 saturated carbocycles. The van der Waals surface area contributed by atoms with Crippen LogP contribution in [0.25, 0.3) is 0 Å². The largest absolute Gasteiger partial charge is 0.493 e. The molecule has 1 aliphatic rings. The van der Waals surface area contributed by atoms with E-state index in [2.05, 4.69) is 12.1 Å². The molecule has 0 amide bonds. The zero-order chi connectivity index (χ0) is 16.2. The summed E-state index contributed by atoms with van der Waals surface area (Å²) in [6, 6.07) is 12.2. The molecule has 122 valence electrons. The molecule has 0 saturated heterocycles.